The summed E-state index contributed by atoms with van der Waals surface area (Å²) in [5, 5.41) is 3.61. The first-order valence-corrected chi connectivity index (χ1v) is 9.07. The van der Waals surface area contributed by atoms with Gasteiger partial charge in [-0.2, -0.15) is 0 Å². The summed E-state index contributed by atoms with van der Waals surface area (Å²) >= 11 is 1.51. The highest BCUT2D eigenvalue weighted by molar-refractivity contribution is 7.15. The van der Waals surface area contributed by atoms with Crippen LogP contribution >= 0.6 is 36.2 Å². The number of nitrogens with one attached hydrogen (secondary N) is 1. The van der Waals surface area contributed by atoms with Gasteiger partial charge in [0.1, 0.15) is 0 Å². The number of carbonyl (C=O) groups is 1. The van der Waals surface area contributed by atoms with Gasteiger partial charge in [-0.25, -0.2) is 4.98 Å². The number of amides is 1. The first-order valence-electron chi connectivity index (χ1n) is 8.25. The first-order chi connectivity index (χ1) is 11.5. The molecule has 8 heteroatoms. The summed E-state index contributed by atoms with van der Waals surface area (Å²) in [6.07, 6.45) is 0. The van der Waals surface area contributed by atoms with Crippen molar-refractivity contribution in [2.24, 2.45) is 5.73 Å². The van der Waals surface area contributed by atoms with Crippen molar-refractivity contribution in [2.75, 3.05) is 18.4 Å². The monoisotopic (exact) mass is 416 g/mol. The summed E-state index contributed by atoms with van der Waals surface area (Å²) in [6.45, 7) is 7.42. The van der Waals surface area contributed by atoms with E-state index in [9.17, 15) is 4.79 Å². The van der Waals surface area contributed by atoms with Crippen LogP contribution in [0.25, 0.3) is 0 Å². The molecule has 2 aromatic rings. The van der Waals surface area contributed by atoms with Gasteiger partial charge in [0.15, 0.2) is 5.13 Å². The largest absolute Gasteiger partial charge is 0.326 e. The number of thiazole rings is 1. The molecule has 1 aliphatic heterocycles. The number of aryl methyl sites for hydroxylation is 2. The van der Waals surface area contributed by atoms with Gasteiger partial charge in [0, 0.05) is 29.9 Å². The Labute approximate surface area is 171 Å². The third-order valence-corrected chi connectivity index (χ3v) is 5.80. The Bertz CT molecular complexity index is 706. The second-order valence-corrected chi connectivity index (χ2v) is 7.66. The van der Waals surface area contributed by atoms with Gasteiger partial charge in [-0.05, 0) is 26.3 Å². The van der Waals surface area contributed by atoms with E-state index >= 15 is 0 Å². The number of rotatable bonds is 4. The van der Waals surface area contributed by atoms with Crippen LogP contribution in [0.1, 0.15) is 29.0 Å². The van der Waals surface area contributed by atoms with Crippen molar-refractivity contribution >= 4 is 47.2 Å². The molecule has 144 valence electrons. The lowest BCUT2D eigenvalue weighted by Crippen LogP contribution is -2.41. The van der Waals surface area contributed by atoms with Crippen molar-refractivity contribution in [3.8, 4) is 0 Å². The molecule has 0 bridgehead atoms. The molecule has 1 fully saturated rings. The van der Waals surface area contributed by atoms with Gasteiger partial charge in [-0.1, -0.05) is 30.3 Å². The molecule has 1 aromatic heterocycles. The molecule has 3 rings (SSSR count). The molecule has 1 aromatic carbocycles. The first kappa shape index (κ1) is 22.9. The van der Waals surface area contributed by atoms with Gasteiger partial charge < -0.3 is 11.1 Å². The number of nitrogens with zero attached hydrogens (tertiary/aromatic N) is 2. The Balaban J connectivity index is 0.00000169. The molecule has 1 saturated heterocycles. The molecule has 1 aliphatic rings. The van der Waals surface area contributed by atoms with E-state index in [2.05, 4.69) is 27.3 Å². The van der Waals surface area contributed by atoms with E-state index in [-0.39, 0.29) is 48.7 Å². The summed E-state index contributed by atoms with van der Waals surface area (Å²) in [4.78, 5) is 20.2. The van der Waals surface area contributed by atoms with Crippen molar-refractivity contribution in [2.45, 2.75) is 38.8 Å². The molecule has 0 aliphatic carbocycles. The minimum Gasteiger partial charge on any atom is -0.326 e. The molecule has 3 atom stereocenters. The van der Waals surface area contributed by atoms with E-state index in [1.165, 1.54) is 16.9 Å². The molecule has 1 amide bonds. The maximum atomic E-state index is 12.5. The van der Waals surface area contributed by atoms with E-state index in [0.717, 1.165) is 23.7 Å². The normalized spacial score (nSPS) is 20.8. The van der Waals surface area contributed by atoms with Crippen LogP contribution in [0.5, 0.6) is 0 Å². The van der Waals surface area contributed by atoms with E-state index in [4.69, 9.17) is 5.73 Å². The van der Waals surface area contributed by atoms with Crippen LogP contribution in [0.3, 0.4) is 0 Å². The molecule has 0 spiro atoms. The zero-order chi connectivity index (χ0) is 17.3. The van der Waals surface area contributed by atoms with Crippen LogP contribution in [0.2, 0.25) is 0 Å². The topological polar surface area (TPSA) is 71.2 Å². The fourth-order valence-corrected chi connectivity index (χ4v) is 3.95. The number of likely N-dealkylation sites (tertiary alicyclic amines) is 1. The van der Waals surface area contributed by atoms with E-state index in [1.54, 1.807) is 0 Å². The molecule has 3 N–H and O–H groups in total. The Hall–Kier alpha value is -1.18. The lowest BCUT2D eigenvalue weighted by atomic mass is 9.95. The van der Waals surface area contributed by atoms with E-state index < -0.39 is 0 Å². The summed E-state index contributed by atoms with van der Waals surface area (Å²) in [6, 6.07) is 10.1. The second kappa shape index (κ2) is 9.67. The number of halogens is 2. The van der Waals surface area contributed by atoms with Gasteiger partial charge in [0.05, 0.1) is 11.7 Å². The van der Waals surface area contributed by atoms with Crippen molar-refractivity contribution in [1.82, 2.24) is 9.88 Å². The van der Waals surface area contributed by atoms with E-state index in [1.807, 2.05) is 39.0 Å². The number of anilines is 1. The highest BCUT2D eigenvalue weighted by Gasteiger charge is 2.35. The van der Waals surface area contributed by atoms with E-state index in [0.29, 0.717) is 5.13 Å². The third-order valence-electron chi connectivity index (χ3n) is 4.81. The van der Waals surface area contributed by atoms with Crippen molar-refractivity contribution in [1.29, 1.82) is 0 Å². The number of benzene rings is 1. The molecule has 26 heavy (non-hydrogen) atoms. The van der Waals surface area contributed by atoms with Crippen LogP contribution < -0.4 is 11.1 Å². The predicted octanol–water partition coefficient (Wildman–Crippen LogP) is 3.36. The van der Waals surface area contributed by atoms with Crippen molar-refractivity contribution < 1.29 is 4.79 Å². The maximum Gasteiger partial charge on any atom is 0.243 e. The fraction of sp³-hybridized carbons (Fsp3) is 0.444. The third kappa shape index (κ3) is 4.96. The smallest absolute Gasteiger partial charge is 0.243 e. The lowest BCUT2D eigenvalue weighted by molar-refractivity contribution is -0.120. The molecule has 2 heterocycles. The molecular weight excluding hydrogens is 391 g/mol. The van der Waals surface area contributed by atoms with Gasteiger partial charge >= 0.3 is 0 Å². The number of carbonyl (C=O) groups excluding carboxylic acids is 1. The highest BCUT2D eigenvalue weighted by Crippen LogP contribution is 2.28. The lowest BCUT2D eigenvalue weighted by Gasteiger charge is -2.22. The molecule has 0 radical (unpaired) electrons. The summed E-state index contributed by atoms with van der Waals surface area (Å²) < 4.78 is 0. The number of hydrogen-bond donors (Lipinski definition) is 2. The summed E-state index contributed by atoms with van der Waals surface area (Å²) in [5.74, 6) is 0.246. The van der Waals surface area contributed by atoms with Crippen LogP contribution in [-0.4, -0.2) is 41.0 Å². The quantitative estimate of drug-likeness (QED) is 0.801. The standard InChI is InChI=1S/C18H24N4OS.2ClH/c1-11-13(3)24-18(20-11)21-17(23)12(2)22-9-15(16(19)10-22)14-7-5-4-6-8-14;;/h4-8,12,15-16H,9-10,19H2,1-3H3,(H,20,21,23);2*1H/t12?,15-,16+;;/m0../s1. The zero-order valence-corrected chi connectivity index (χ0v) is 17.6. The Morgan fingerprint density at radius 3 is 2.50 bits per heavy atom. The maximum absolute atomic E-state index is 12.5. The number of nitrogens with two attached hydrogens (primary N) is 1. The van der Waals surface area contributed by atoms with Crippen LogP contribution in [0.4, 0.5) is 5.13 Å². The zero-order valence-electron chi connectivity index (χ0n) is 15.1. The van der Waals surface area contributed by atoms with Gasteiger partial charge in [-0.15, -0.1) is 36.2 Å². The Kier molecular flexibility index (Phi) is 8.50. The minimum atomic E-state index is -0.228. The van der Waals surface area contributed by atoms with Crippen LogP contribution in [0.15, 0.2) is 30.3 Å². The van der Waals surface area contributed by atoms with Crippen molar-refractivity contribution in [3.05, 3.63) is 46.5 Å². The molecule has 5 nitrogen and oxygen atoms in total. The number of aromatic nitrogens is 1. The SMILES string of the molecule is Cc1nc(NC(=O)C(C)N2C[C@@H](N)[C@H](c3ccccc3)C2)sc1C.Cl.Cl. The van der Waals surface area contributed by atoms with Gasteiger partial charge in [-0.3, -0.25) is 9.69 Å². The van der Waals surface area contributed by atoms with Gasteiger partial charge in [0.25, 0.3) is 0 Å². The number of hydrogen-bond acceptors (Lipinski definition) is 5. The van der Waals surface area contributed by atoms with Crippen molar-refractivity contribution in [3.63, 3.8) is 0 Å². The molecular formula is C18H26Cl2N4OS. The minimum absolute atomic E-state index is 0. The average molecular weight is 417 g/mol. The fourth-order valence-electron chi connectivity index (χ4n) is 3.13. The summed E-state index contributed by atoms with van der Waals surface area (Å²) in [7, 11) is 0. The van der Waals surface area contributed by atoms with Gasteiger partial charge in [0.2, 0.25) is 5.91 Å². The van der Waals surface area contributed by atoms with Crippen LogP contribution in [-0.2, 0) is 4.79 Å². The molecule has 1 unspecified atom stereocenters. The average Bonchev–Trinajstić information content (AvgIpc) is 3.10. The molecule has 0 saturated carbocycles. The van der Waals surface area contributed by atoms with Crippen LogP contribution in [0, 0.1) is 13.8 Å². The second-order valence-electron chi connectivity index (χ2n) is 6.46. The Morgan fingerprint density at radius 1 is 1.27 bits per heavy atom. The highest BCUT2D eigenvalue weighted by atomic mass is 35.5. The summed E-state index contributed by atoms with van der Waals surface area (Å²) in [5.41, 5.74) is 8.54. The Morgan fingerprint density at radius 2 is 1.92 bits per heavy atom. The predicted molar refractivity (Wildman–Crippen MR) is 113 cm³/mol.